The Morgan fingerprint density at radius 2 is 1.69 bits per heavy atom. The molecular weight excluding hydrogens is 458 g/mol. The molecule has 0 aliphatic heterocycles. The van der Waals surface area contributed by atoms with Gasteiger partial charge in [0.2, 0.25) is 0 Å². The number of carboxylic acids is 1. The minimum atomic E-state index is -1.14. The summed E-state index contributed by atoms with van der Waals surface area (Å²) in [6.07, 6.45) is -0.204. The van der Waals surface area contributed by atoms with Crippen molar-refractivity contribution in [3.05, 3.63) is 86.3 Å². The number of ether oxygens (including phenoxy) is 1. The molecular formula is C28H29N3O5. The van der Waals surface area contributed by atoms with Crippen molar-refractivity contribution in [3.63, 3.8) is 0 Å². The molecule has 0 fully saturated rings. The number of nitrogens with zero attached hydrogens (tertiary/aromatic N) is 1. The number of pyridine rings is 1. The van der Waals surface area contributed by atoms with Crippen LogP contribution in [0.15, 0.2) is 64.2 Å². The topological polar surface area (TPSA) is 118 Å². The Bertz CT molecular complexity index is 1470. The summed E-state index contributed by atoms with van der Waals surface area (Å²) in [4.78, 5) is 40.5. The van der Waals surface area contributed by atoms with E-state index in [1.165, 1.54) is 0 Å². The van der Waals surface area contributed by atoms with Crippen LogP contribution in [-0.2, 0) is 11.2 Å². The summed E-state index contributed by atoms with van der Waals surface area (Å²) in [5.74, 6) is -0.212. The average molecular weight is 488 g/mol. The van der Waals surface area contributed by atoms with Gasteiger partial charge in [-0.3, -0.25) is 9.59 Å². The number of anilines is 3. The van der Waals surface area contributed by atoms with Crippen molar-refractivity contribution in [1.82, 2.24) is 4.98 Å². The van der Waals surface area contributed by atoms with Crippen molar-refractivity contribution >= 4 is 33.9 Å². The van der Waals surface area contributed by atoms with Gasteiger partial charge in [-0.05, 0) is 48.9 Å². The van der Waals surface area contributed by atoms with Crippen LogP contribution >= 0.6 is 0 Å². The Morgan fingerprint density at radius 1 is 1.00 bits per heavy atom. The molecule has 4 rings (SSSR count). The van der Waals surface area contributed by atoms with Gasteiger partial charge in [-0.25, -0.2) is 9.78 Å². The molecule has 3 N–H and O–H groups in total. The second-order valence-corrected chi connectivity index (χ2v) is 9.36. The van der Waals surface area contributed by atoms with Gasteiger partial charge in [0.1, 0.15) is 17.5 Å². The zero-order valence-electron chi connectivity index (χ0n) is 20.7. The molecule has 0 amide bonds. The largest absolute Gasteiger partial charge is 0.485 e. The monoisotopic (exact) mass is 487 g/mol. The van der Waals surface area contributed by atoms with E-state index >= 15 is 0 Å². The number of carbonyl (C=O) groups is 1. The molecule has 0 unspecified atom stereocenters. The predicted molar refractivity (Wildman–Crippen MR) is 141 cm³/mol. The molecule has 1 atom stereocenters. The van der Waals surface area contributed by atoms with E-state index in [2.05, 4.69) is 36.6 Å². The first kappa shape index (κ1) is 24.9. The minimum absolute atomic E-state index is 0.0811. The summed E-state index contributed by atoms with van der Waals surface area (Å²) < 4.78 is 5.38. The fourth-order valence-electron chi connectivity index (χ4n) is 3.93. The van der Waals surface area contributed by atoms with E-state index < -0.39 is 22.9 Å². The maximum absolute atomic E-state index is 12.0. The van der Waals surface area contributed by atoms with Crippen LogP contribution in [0.25, 0.3) is 10.8 Å². The Morgan fingerprint density at radius 3 is 2.33 bits per heavy atom. The first-order valence-electron chi connectivity index (χ1n) is 11.9. The van der Waals surface area contributed by atoms with Crippen molar-refractivity contribution in [2.75, 3.05) is 10.6 Å². The number of nitrogens with one attached hydrogen (secondary N) is 2. The Kier molecular flexibility index (Phi) is 7.05. The third-order valence-corrected chi connectivity index (χ3v) is 5.85. The van der Waals surface area contributed by atoms with Crippen LogP contribution < -0.4 is 26.2 Å². The molecule has 1 aromatic heterocycles. The van der Waals surface area contributed by atoms with E-state index in [9.17, 15) is 19.5 Å². The number of rotatable bonds is 10. The zero-order chi connectivity index (χ0) is 26.0. The molecule has 1 heterocycles. The highest BCUT2D eigenvalue weighted by atomic mass is 16.5. The van der Waals surface area contributed by atoms with Crippen LogP contribution in [0.1, 0.15) is 44.9 Å². The van der Waals surface area contributed by atoms with Crippen molar-refractivity contribution in [1.29, 1.82) is 0 Å². The van der Waals surface area contributed by atoms with E-state index in [1.807, 2.05) is 42.5 Å². The summed E-state index contributed by atoms with van der Waals surface area (Å²) >= 11 is 0. The van der Waals surface area contributed by atoms with Gasteiger partial charge in [-0.15, -0.1) is 0 Å². The molecule has 8 nitrogen and oxygen atoms in total. The third-order valence-electron chi connectivity index (χ3n) is 5.85. The number of benzene rings is 2. The van der Waals surface area contributed by atoms with Crippen molar-refractivity contribution in [2.24, 2.45) is 0 Å². The fraction of sp³-hybridized carbons (Fsp3) is 0.286. The summed E-state index contributed by atoms with van der Waals surface area (Å²) in [5, 5.41) is 17.9. The molecule has 0 spiro atoms. The highest BCUT2D eigenvalue weighted by Crippen LogP contribution is 2.28. The number of carboxylic acid groups (broad SMARTS) is 1. The second-order valence-electron chi connectivity index (χ2n) is 9.36. The van der Waals surface area contributed by atoms with Crippen LogP contribution in [0.3, 0.4) is 0 Å². The molecule has 36 heavy (non-hydrogen) atoms. The normalized spacial score (nSPS) is 12.3. The number of hydrogen-bond donors (Lipinski definition) is 3. The van der Waals surface area contributed by atoms with Gasteiger partial charge < -0.3 is 20.5 Å². The summed E-state index contributed by atoms with van der Waals surface area (Å²) in [7, 11) is 0. The van der Waals surface area contributed by atoms with Crippen LogP contribution in [0.4, 0.5) is 17.2 Å². The number of aromatic nitrogens is 1. The lowest BCUT2D eigenvalue weighted by atomic mass is 10.0. The highest BCUT2D eigenvalue weighted by Gasteiger charge is 2.28. The van der Waals surface area contributed by atoms with Gasteiger partial charge >= 0.3 is 5.97 Å². The molecule has 0 bridgehead atoms. The lowest BCUT2D eigenvalue weighted by Gasteiger charge is -2.20. The zero-order valence-corrected chi connectivity index (χ0v) is 20.7. The molecule has 8 heteroatoms. The Hall–Kier alpha value is -4.20. The van der Waals surface area contributed by atoms with Crippen LogP contribution in [0.2, 0.25) is 0 Å². The summed E-state index contributed by atoms with van der Waals surface area (Å²) in [5.41, 5.74) is 0.962. The van der Waals surface area contributed by atoms with E-state index in [4.69, 9.17) is 9.72 Å². The van der Waals surface area contributed by atoms with Gasteiger partial charge in [0.15, 0.2) is 5.75 Å². The molecule has 3 aromatic carbocycles. The average Bonchev–Trinajstić information content (AvgIpc) is 2.85. The van der Waals surface area contributed by atoms with Gasteiger partial charge in [0, 0.05) is 23.2 Å². The van der Waals surface area contributed by atoms with Crippen molar-refractivity contribution in [2.45, 2.75) is 52.2 Å². The van der Waals surface area contributed by atoms with Crippen molar-refractivity contribution in [3.8, 4) is 5.75 Å². The molecule has 0 aliphatic rings. The lowest BCUT2D eigenvalue weighted by molar-refractivity contribution is -0.137. The van der Waals surface area contributed by atoms with E-state index in [-0.39, 0.29) is 29.9 Å². The quantitative estimate of drug-likeness (QED) is 0.278. The van der Waals surface area contributed by atoms with Crippen LogP contribution in [0, 0.1) is 0 Å². The Balaban J connectivity index is 1.52. The molecule has 0 saturated carbocycles. The molecule has 0 saturated heterocycles. The maximum atomic E-state index is 12.0. The van der Waals surface area contributed by atoms with Gasteiger partial charge in [-0.1, -0.05) is 50.2 Å². The summed E-state index contributed by atoms with van der Waals surface area (Å²) in [6, 6.07) is 16.4. The first-order chi connectivity index (χ1) is 17.1. The van der Waals surface area contributed by atoms with Gasteiger partial charge in [0.25, 0.3) is 10.9 Å². The molecule has 4 aromatic rings. The van der Waals surface area contributed by atoms with E-state index in [0.717, 1.165) is 33.5 Å². The summed E-state index contributed by atoms with van der Waals surface area (Å²) in [6.45, 7) is 7.65. The smallest absolute Gasteiger partial charge is 0.326 e. The van der Waals surface area contributed by atoms with Gasteiger partial charge in [0.05, 0.1) is 6.10 Å². The number of aliphatic carboxylic acids is 1. The van der Waals surface area contributed by atoms with Crippen molar-refractivity contribution < 1.29 is 14.6 Å². The molecule has 186 valence electrons. The van der Waals surface area contributed by atoms with Crippen LogP contribution in [0.5, 0.6) is 5.75 Å². The number of hydrogen-bond acceptors (Lipinski definition) is 7. The van der Waals surface area contributed by atoms with Crippen LogP contribution in [-0.4, -0.2) is 28.2 Å². The molecule has 0 aliphatic carbocycles. The maximum Gasteiger partial charge on any atom is 0.326 e. The first-order valence-corrected chi connectivity index (χ1v) is 11.9. The lowest BCUT2D eigenvalue weighted by Crippen LogP contribution is -2.42. The Labute approximate surface area is 208 Å². The number of fused-ring (bicyclic) bond motifs is 1. The van der Waals surface area contributed by atoms with E-state index in [1.54, 1.807) is 13.8 Å². The standard InChI is InChI=1S/C28H29N3O5/c1-15(2)21-14-18-7-5-6-8-20(18)27(31-21)29-19-11-9-17(10-12-19)13-22(28(34)35)30-23-24(32)25(33)26(23)36-16(3)4/h5-12,14-16,22,30H,13H2,1-4H3,(H,29,31)(H,34,35)/t22-/m0/s1. The highest BCUT2D eigenvalue weighted by molar-refractivity contribution is 5.93. The van der Waals surface area contributed by atoms with Gasteiger partial charge in [-0.2, -0.15) is 0 Å². The molecule has 0 radical (unpaired) electrons. The SMILES string of the molecule is CC(C)Oc1c(N[C@@H](Cc2ccc(Nc3nc(C(C)C)cc4ccccc34)cc2)C(=O)O)c(=O)c1=O. The minimum Gasteiger partial charge on any atom is -0.485 e. The predicted octanol–water partition coefficient (Wildman–Crippen LogP) is 4.59. The second kappa shape index (κ2) is 10.2. The van der Waals surface area contributed by atoms with E-state index in [0.29, 0.717) is 0 Å². The fourth-order valence-corrected chi connectivity index (χ4v) is 3.93. The third kappa shape index (κ3) is 5.22.